The van der Waals surface area contributed by atoms with Crippen LogP contribution in [0.2, 0.25) is 0 Å². The summed E-state index contributed by atoms with van der Waals surface area (Å²) in [6, 6.07) is 1.44. The van der Waals surface area contributed by atoms with Gasteiger partial charge in [0.25, 0.3) is 0 Å². The largest absolute Gasteiger partial charge is 0.478 e. The highest BCUT2D eigenvalue weighted by Crippen LogP contribution is 2.29. The molecule has 0 saturated carbocycles. The molecule has 6 heteroatoms. The van der Waals surface area contributed by atoms with Gasteiger partial charge in [-0.05, 0) is 19.9 Å². The van der Waals surface area contributed by atoms with E-state index < -0.39 is 5.97 Å². The van der Waals surface area contributed by atoms with E-state index in [1.807, 2.05) is 18.7 Å². The number of rotatable bonds is 2. The van der Waals surface area contributed by atoms with E-state index in [1.54, 1.807) is 0 Å². The number of nitrogen functional groups attached to an aromatic ring is 1. The second kappa shape index (κ2) is 4.45. The van der Waals surface area contributed by atoms with Crippen LogP contribution in [0.5, 0.6) is 0 Å². The monoisotopic (exact) mass is 251 g/mol. The minimum absolute atomic E-state index is 0.130. The van der Waals surface area contributed by atoms with Crippen LogP contribution >= 0.6 is 0 Å². The summed E-state index contributed by atoms with van der Waals surface area (Å²) in [6.45, 7) is 5.71. The van der Waals surface area contributed by atoms with Crippen molar-refractivity contribution in [3.05, 3.63) is 17.8 Å². The Labute approximate surface area is 105 Å². The summed E-state index contributed by atoms with van der Waals surface area (Å²) >= 11 is 0. The van der Waals surface area contributed by atoms with E-state index >= 15 is 0 Å². The first-order valence-electron chi connectivity index (χ1n) is 5.76. The summed E-state index contributed by atoms with van der Waals surface area (Å²) in [4.78, 5) is 17.4. The minimum atomic E-state index is -1.02. The third-order valence-electron chi connectivity index (χ3n) is 3.02. The average molecular weight is 251 g/mol. The highest BCUT2D eigenvalue weighted by Gasteiger charge is 2.33. The van der Waals surface area contributed by atoms with Crippen molar-refractivity contribution < 1.29 is 14.6 Å². The lowest BCUT2D eigenvalue weighted by molar-refractivity contribution is 0.0624. The molecule has 1 saturated heterocycles. The number of nitrogens with two attached hydrogens (primary N) is 1. The Morgan fingerprint density at radius 1 is 1.61 bits per heavy atom. The number of aromatic carboxylic acids is 1. The van der Waals surface area contributed by atoms with Crippen LogP contribution in [0.4, 0.5) is 11.5 Å². The quantitative estimate of drug-likeness (QED) is 0.814. The van der Waals surface area contributed by atoms with Gasteiger partial charge in [0.1, 0.15) is 11.4 Å². The molecule has 2 rings (SSSR count). The Balaban J connectivity index is 2.46. The van der Waals surface area contributed by atoms with Crippen LogP contribution in [0.3, 0.4) is 0 Å². The molecule has 98 valence electrons. The Bertz CT molecular complexity index is 474. The summed E-state index contributed by atoms with van der Waals surface area (Å²) in [5, 5.41) is 9.24. The number of aromatic nitrogens is 1. The van der Waals surface area contributed by atoms with E-state index in [0.717, 1.165) is 0 Å². The van der Waals surface area contributed by atoms with Crippen molar-refractivity contribution in [2.24, 2.45) is 0 Å². The number of ether oxygens (including phenoxy) is 1. The molecule has 0 radical (unpaired) electrons. The van der Waals surface area contributed by atoms with Gasteiger partial charge in [-0.3, -0.25) is 0 Å². The lowest BCUT2D eigenvalue weighted by Gasteiger charge is -2.43. The van der Waals surface area contributed by atoms with Crippen molar-refractivity contribution in [2.45, 2.75) is 19.4 Å². The molecule has 1 aliphatic heterocycles. The lowest BCUT2D eigenvalue weighted by Crippen LogP contribution is -2.54. The van der Waals surface area contributed by atoms with Crippen molar-refractivity contribution in [1.29, 1.82) is 0 Å². The number of carboxylic acid groups (broad SMARTS) is 1. The smallest absolute Gasteiger partial charge is 0.339 e. The van der Waals surface area contributed by atoms with Gasteiger partial charge in [0.05, 0.1) is 30.6 Å². The maximum atomic E-state index is 11.3. The van der Waals surface area contributed by atoms with Crippen LogP contribution < -0.4 is 10.6 Å². The standard InChI is InChI=1S/C12H17N3O3/c1-12(2)7-18-4-3-15(12)10-9(11(16)17)5-8(13)6-14-10/h5-6H,3-4,7,13H2,1-2H3,(H,16,17). The summed E-state index contributed by atoms with van der Waals surface area (Å²) in [5.41, 5.74) is 5.79. The van der Waals surface area contributed by atoms with Gasteiger partial charge in [-0.15, -0.1) is 0 Å². The molecule has 0 amide bonds. The lowest BCUT2D eigenvalue weighted by atomic mass is 10.0. The third kappa shape index (κ3) is 2.24. The molecule has 1 aromatic heterocycles. The topological polar surface area (TPSA) is 88.7 Å². The summed E-state index contributed by atoms with van der Waals surface area (Å²) in [7, 11) is 0. The van der Waals surface area contributed by atoms with Gasteiger partial charge < -0.3 is 20.5 Å². The number of hydrogen-bond donors (Lipinski definition) is 2. The van der Waals surface area contributed by atoms with Gasteiger partial charge in [0, 0.05) is 6.54 Å². The summed E-state index contributed by atoms with van der Waals surface area (Å²) < 4.78 is 5.42. The van der Waals surface area contributed by atoms with Gasteiger partial charge in [0.2, 0.25) is 0 Å². The van der Waals surface area contributed by atoms with E-state index in [9.17, 15) is 9.90 Å². The maximum absolute atomic E-state index is 11.3. The summed E-state index contributed by atoms with van der Waals surface area (Å²) in [5.74, 6) is -0.572. The molecular formula is C12H17N3O3. The molecule has 3 N–H and O–H groups in total. The first-order valence-corrected chi connectivity index (χ1v) is 5.76. The van der Waals surface area contributed by atoms with Crippen LogP contribution in [0.1, 0.15) is 24.2 Å². The van der Waals surface area contributed by atoms with Crippen LogP contribution in [0.25, 0.3) is 0 Å². The van der Waals surface area contributed by atoms with E-state index in [-0.39, 0.29) is 11.1 Å². The van der Waals surface area contributed by atoms with Crippen molar-refractivity contribution in [1.82, 2.24) is 4.98 Å². The molecular weight excluding hydrogens is 234 g/mol. The van der Waals surface area contributed by atoms with E-state index in [1.165, 1.54) is 12.3 Å². The van der Waals surface area contributed by atoms with Gasteiger partial charge in [-0.25, -0.2) is 9.78 Å². The minimum Gasteiger partial charge on any atom is -0.478 e. The Morgan fingerprint density at radius 3 is 2.94 bits per heavy atom. The van der Waals surface area contributed by atoms with Gasteiger partial charge >= 0.3 is 5.97 Å². The van der Waals surface area contributed by atoms with Gasteiger partial charge in [-0.1, -0.05) is 0 Å². The fourth-order valence-electron chi connectivity index (χ4n) is 2.10. The molecule has 2 heterocycles. The average Bonchev–Trinajstić information content (AvgIpc) is 2.29. The number of carboxylic acids is 1. The normalized spacial score (nSPS) is 18.7. The molecule has 6 nitrogen and oxygen atoms in total. The number of carbonyl (C=O) groups is 1. The SMILES string of the molecule is CC1(C)COCCN1c1ncc(N)cc1C(=O)O. The number of anilines is 2. The van der Waals surface area contributed by atoms with Crippen molar-refractivity contribution >= 4 is 17.5 Å². The third-order valence-corrected chi connectivity index (χ3v) is 3.02. The Hall–Kier alpha value is -1.82. The maximum Gasteiger partial charge on any atom is 0.339 e. The van der Waals surface area contributed by atoms with E-state index in [4.69, 9.17) is 10.5 Å². The van der Waals surface area contributed by atoms with Crippen LogP contribution in [0.15, 0.2) is 12.3 Å². The summed E-state index contributed by atoms with van der Waals surface area (Å²) in [6.07, 6.45) is 1.48. The molecule has 0 bridgehead atoms. The van der Waals surface area contributed by atoms with E-state index in [2.05, 4.69) is 4.98 Å². The molecule has 0 unspecified atom stereocenters. The molecule has 0 aromatic carbocycles. The van der Waals surface area contributed by atoms with Crippen LogP contribution in [0, 0.1) is 0 Å². The van der Waals surface area contributed by atoms with Crippen molar-refractivity contribution in [3.8, 4) is 0 Å². The first kappa shape index (κ1) is 12.6. The number of hydrogen-bond acceptors (Lipinski definition) is 5. The predicted molar refractivity (Wildman–Crippen MR) is 67.9 cm³/mol. The zero-order valence-corrected chi connectivity index (χ0v) is 10.5. The Morgan fingerprint density at radius 2 is 2.33 bits per heavy atom. The zero-order valence-electron chi connectivity index (χ0n) is 10.5. The number of nitrogens with zero attached hydrogens (tertiary/aromatic N) is 2. The zero-order chi connectivity index (χ0) is 13.3. The molecule has 0 spiro atoms. The highest BCUT2D eigenvalue weighted by molar-refractivity contribution is 5.94. The highest BCUT2D eigenvalue weighted by atomic mass is 16.5. The molecule has 0 aliphatic carbocycles. The van der Waals surface area contributed by atoms with Crippen molar-refractivity contribution in [2.75, 3.05) is 30.4 Å². The fraction of sp³-hybridized carbons (Fsp3) is 0.500. The molecule has 1 aromatic rings. The fourth-order valence-corrected chi connectivity index (χ4v) is 2.10. The second-order valence-electron chi connectivity index (χ2n) is 4.96. The molecule has 0 atom stereocenters. The number of morpholine rings is 1. The van der Waals surface area contributed by atoms with Crippen molar-refractivity contribution in [3.63, 3.8) is 0 Å². The van der Waals surface area contributed by atoms with Gasteiger partial charge in [0.15, 0.2) is 0 Å². The Kier molecular flexibility index (Phi) is 3.13. The first-order chi connectivity index (χ1) is 8.42. The second-order valence-corrected chi connectivity index (χ2v) is 4.96. The molecule has 1 aliphatic rings. The van der Waals surface area contributed by atoms with E-state index in [0.29, 0.717) is 31.3 Å². The van der Waals surface area contributed by atoms with Gasteiger partial charge in [-0.2, -0.15) is 0 Å². The molecule has 1 fully saturated rings. The molecule has 18 heavy (non-hydrogen) atoms. The predicted octanol–water partition coefficient (Wildman–Crippen LogP) is 0.977. The van der Waals surface area contributed by atoms with Crippen LogP contribution in [-0.2, 0) is 4.74 Å². The van der Waals surface area contributed by atoms with Crippen LogP contribution in [-0.4, -0.2) is 41.4 Å². The number of pyridine rings is 1.